The summed E-state index contributed by atoms with van der Waals surface area (Å²) in [6.07, 6.45) is 0.840. The molecule has 1 amide bonds. The summed E-state index contributed by atoms with van der Waals surface area (Å²) in [7, 11) is 0. The van der Waals surface area contributed by atoms with Crippen LogP contribution in [-0.2, 0) is 13.0 Å². The topological polar surface area (TPSA) is 77.1 Å². The van der Waals surface area contributed by atoms with Gasteiger partial charge in [-0.25, -0.2) is 4.68 Å². The molecule has 7 nitrogen and oxygen atoms in total. The van der Waals surface area contributed by atoms with E-state index in [2.05, 4.69) is 27.6 Å². The van der Waals surface area contributed by atoms with Crippen LogP contribution in [0.15, 0.2) is 71.3 Å². The molecule has 0 radical (unpaired) electrons. The van der Waals surface area contributed by atoms with Crippen molar-refractivity contribution in [3.8, 4) is 17.0 Å². The first kappa shape index (κ1) is 20.6. The van der Waals surface area contributed by atoms with Gasteiger partial charge in [-0.2, -0.15) is 0 Å². The van der Waals surface area contributed by atoms with Crippen LogP contribution in [0.4, 0.5) is 0 Å². The van der Waals surface area contributed by atoms with Crippen LogP contribution in [0.25, 0.3) is 27.9 Å². The molecule has 2 aromatic heterocycles. The summed E-state index contributed by atoms with van der Waals surface area (Å²) < 4.78 is 7.30. The van der Waals surface area contributed by atoms with Gasteiger partial charge in [0.2, 0.25) is 0 Å². The number of rotatable bonds is 3. The van der Waals surface area contributed by atoms with Gasteiger partial charge in [0.15, 0.2) is 11.5 Å². The Balaban J connectivity index is 1.33. The van der Waals surface area contributed by atoms with Gasteiger partial charge in [-0.05, 0) is 66.9 Å². The van der Waals surface area contributed by atoms with Crippen LogP contribution in [0.2, 0.25) is 5.02 Å². The summed E-state index contributed by atoms with van der Waals surface area (Å²) in [6.45, 7) is 3.11. The zero-order chi connectivity index (χ0) is 23.2. The molecule has 0 fully saturated rings. The van der Waals surface area contributed by atoms with Crippen molar-refractivity contribution < 1.29 is 9.32 Å². The SMILES string of the molecule is Cc1c(C(=O)N2CCc3ccccc3C2)nnn1-c1ccc2noc(-c3ccc(Cl)cc3)c2c1. The van der Waals surface area contributed by atoms with Crippen molar-refractivity contribution in [1.82, 2.24) is 25.1 Å². The lowest BCUT2D eigenvalue weighted by molar-refractivity contribution is 0.0728. The fourth-order valence-corrected chi connectivity index (χ4v) is 4.59. The van der Waals surface area contributed by atoms with Crippen molar-refractivity contribution in [2.24, 2.45) is 0 Å². The van der Waals surface area contributed by atoms with E-state index < -0.39 is 0 Å². The van der Waals surface area contributed by atoms with Gasteiger partial charge in [0.25, 0.3) is 5.91 Å². The molecule has 8 heteroatoms. The molecule has 3 heterocycles. The van der Waals surface area contributed by atoms with E-state index >= 15 is 0 Å². The van der Waals surface area contributed by atoms with Crippen LogP contribution in [-0.4, -0.2) is 37.5 Å². The van der Waals surface area contributed by atoms with Crippen molar-refractivity contribution in [1.29, 1.82) is 0 Å². The maximum Gasteiger partial charge on any atom is 0.276 e. The quantitative estimate of drug-likeness (QED) is 0.361. The number of fused-ring (bicyclic) bond motifs is 2. The maximum absolute atomic E-state index is 13.3. The summed E-state index contributed by atoms with van der Waals surface area (Å²) in [6, 6.07) is 21.4. The predicted molar refractivity (Wildman–Crippen MR) is 129 cm³/mol. The van der Waals surface area contributed by atoms with Gasteiger partial charge in [-0.1, -0.05) is 46.2 Å². The highest BCUT2D eigenvalue weighted by atomic mass is 35.5. The molecular weight excluding hydrogens is 450 g/mol. The van der Waals surface area contributed by atoms with Gasteiger partial charge in [0.1, 0.15) is 5.52 Å². The molecular formula is C26H20ClN5O2. The van der Waals surface area contributed by atoms with E-state index in [9.17, 15) is 4.79 Å². The molecule has 34 heavy (non-hydrogen) atoms. The molecule has 0 unspecified atom stereocenters. The summed E-state index contributed by atoms with van der Waals surface area (Å²) in [5.41, 5.74) is 5.91. The van der Waals surface area contributed by atoms with Crippen LogP contribution in [0, 0.1) is 6.92 Å². The van der Waals surface area contributed by atoms with Gasteiger partial charge in [0.05, 0.1) is 16.8 Å². The highest BCUT2D eigenvalue weighted by molar-refractivity contribution is 6.30. The largest absolute Gasteiger partial charge is 0.355 e. The number of hydrogen-bond donors (Lipinski definition) is 0. The minimum Gasteiger partial charge on any atom is -0.355 e. The van der Waals surface area contributed by atoms with E-state index in [1.54, 1.807) is 4.68 Å². The molecule has 168 valence electrons. The standard InChI is InChI=1S/C26H20ClN5O2/c1-16-24(26(33)31-13-12-17-4-2-3-5-19(17)15-31)28-30-32(16)21-10-11-23-22(14-21)25(34-29-23)18-6-8-20(27)9-7-18/h2-11,14H,12-13,15H2,1H3. The lowest BCUT2D eigenvalue weighted by Crippen LogP contribution is -2.36. The van der Waals surface area contributed by atoms with Gasteiger partial charge in [-0.15, -0.1) is 5.10 Å². The number of amides is 1. The zero-order valence-electron chi connectivity index (χ0n) is 18.4. The second-order valence-corrected chi connectivity index (χ2v) is 8.84. The molecule has 6 rings (SSSR count). The second-order valence-electron chi connectivity index (χ2n) is 8.40. The Morgan fingerprint density at radius 2 is 1.82 bits per heavy atom. The molecule has 0 atom stereocenters. The first-order chi connectivity index (χ1) is 16.6. The molecule has 0 saturated heterocycles. The lowest BCUT2D eigenvalue weighted by Gasteiger charge is -2.28. The summed E-state index contributed by atoms with van der Waals surface area (Å²) in [4.78, 5) is 15.1. The number of halogens is 1. The van der Waals surface area contributed by atoms with Crippen LogP contribution >= 0.6 is 11.6 Å². The van der Waals surface area contributed by atoms with E-state index in [1.807, 2.05) is 66.4 Å². The van der Waals surface area contributed by atoms with Gasteiger partial charge in [-0.3, -0.25) is 4.79 Å². The fraction of sp³-hybridized carbons (Fsp3) is 0.154. The summed E-state index contributed by atoms with van der Waals surface area (Å²) in [5, 5.41) is 14.2. The molecule has 3 aromatic carbocycles. The fourth-order valence-electron chi connectivity index (χ4n) is 4.46. The number of nitrogens with zero attached hydrogens (tertiary/aromatic N) is 5. The Labute approximate surface area is 200 Å². The highest BCUT2D eigenvalue weighted by Crippen LogP contribution is 2.31. The first-order valence-electron chi connectivity index (χ1n) is 11.0. The first-order valence-corrected chi connectivity index (χ1v) is 11.4. The van der Waals surface area contributed by atoms with Crippen LogP contribution in [0.5, 0.6) is 0 Å². The Morgan fingerprint density at radius 3 is 2.65 bits per heavy atom. The van der Waals surface area contributed by atoms with E-state index in [1.165, 1.54) is 11.1 Å². The third-order valence-corrected chi connectivity index (χ3v) is 6.58. The van der Waals surface area contributed by atoms with Gasteiger partial charge in [0, 0.05) is 23.7 Å². The monoisotopic (exact) mass is 469 g/mol. The van der Waals surface area contributed by atoms with E-state index in [0.29, 0.717) is 35.3 Å². The van der Waals surface area contributed by atoms with Crippen molar-refractivity contribution in [2.75, 3.05) is 6.54 Å². The van der Waals surface area contributed by atoms with E-state index in [-0.39, 0.29) is 5.91 Å². The number of hydrogen-bond acceptors (Lipinski definition) is 5. The molecule has 1 aliphatic heterocycles. The Bertz CT molecular complexity index is 1540. The number of benzene rings is 3. The number of carbonyl (C=O) groups is 1. The average Bonchev–Trinajstić information content (AvgIpc) is 3.47. The Kier molecular flexibility index (Phi) is 4.92. The van der Waals surface area contributed by atoms with Gasteiger partial charge >= 0.3 is 0 Å². The summed E-state index contributed by atoms with van der Waals surface area (Å²) >= 11 is 6.03. The van der Waals surface area contributed by atoms with Gasteiger partial charge < -0.3 is 9.42 Å². The zero-order valence-corrected chi connectivity index (χ0v) is 19.2. The molecule has 0 saturated carbocycles. The normalized spacial score (nSPS) is 13.3. The van der Waals surface area contributed by atoms with E-state index in [4.69, 9.17) is 16.1 Å². The molecule has 0 aliphatic carbocycles. The molecule has 1 aliphatic rings. The van der Waals surface area contributed by atoms with Crippen LogP contribution in [0.1, 0.15) is 27.3 Å². The number of carbonyl (C=O) groups excluding carboxylic acids is 1. The molecule has 0 bridgehead atoms. The van der Waals surface area contributed by atoms with Crippen molar-refractivity contribution in [3.05, 3.63) is 94.3 Å². The average molecular weight is 470 g/mol. The van der Waals surface area contributed by atoms with E-state index in [0.717, 1.165) is 28.6 Å². The Morgan fingerprint density at radius 1 is 1.03 bits per heavy atom. The molecule has 0 spiro atoms. The Hall–Kier alpha value is -3.97. The minimum atomic E-state index is -0.105. The highest BCUT2D eigenvalue weighted by Gasteiger charge is 2.26. The van der Waals surface area contributed by atoms with Crippen LogP contribution in [0.3, 0.4) is 0 Å². The lowest BCUT2D eigenvalue weighted by atomic mass is 10.00. The summed E-state index contributed by atoms with van der Waals surface area (Å²) in [5.74, 6) is 0.542. The predicted octanol–water partition coefficient (Wildman–Crippen LogP) is 5.24. The third-order valence-electron chi connectivity index (χ3n) is 6.33. The van der Waals surface area contributed by atoms with Crippen molar-refractivity contribution in [3.63, 3.8) is 0 Å². The molecule has 5 aromatic rings. The van der Waals surface area contributed by atoms with Crippen molar-refractivity contribution >= 4 is 28.4 Å². The third kappa shape index (κ3) is 3.45. The smallest absolute Gasteiger partial charge is 0.276 e. The maximum atomic E-state index is 13.3. The van der Waals surface area contributed by atoms with Crippen molar-refractivity contribution in [2.45, 2.75) is 19.9 Å². The molecule has 0 N–H and O–H groups in total. The van der Waals surface area contributed by atoms with Crippen LogP contribution < -0.4 is 0 Å². The number of aromatic nitrogens is 4. The minimum absolute atomic E-state index is 0.105. The second kappa shape index (κ2) is 8.11.